The van der Waals surface area contributed by atoms with Crippen LogP contribution in [-0.2, 0) is 4.79 Å². The maximum absolute atomic E-state index is 12.9. The summed E-state index contributed by atoms with van der Waals surface area (Å²) in [4.78, 5) is 24.1. The van der Waals surface area contributed by atoms with Crippen molar-refractivity contribution in [3.05, 3.63) is 82.1 Å². The minimum absolute atomic E-state index is 0.171. The second-order valence-electron chi connectivity index (χ2n) is 6.88. The van der Waals surface area contributed by atoms with Crippen LogP contribution in [0.2, 0.25) is 5.02 Å². The lowest BCUT2D eigenvalue weighted by atomic mass is 10.1. The van der Waals surface area contributed by atoms with Crippen LogP contribution >= 0.6 is 11.6 Å². The zero-order valence-electron chi connectivity index (χ0n) is 16.2. The summed E-state index contributed by atoms with van der Waals surface area (Å²) in [5, 5.41) is 15.4. The number of anilines is 1. The predicted octanol–water partition coefficient (Wildman–Crippen LogP) is 5.41. The number of halogens is 1. The van der Waals surface area contributed by atoms with Crippen LogP contribution in [0.15, 0.2) is 69.7 Å². The molecule has 0 atom stereocenters. The van der Waals surface area contributed by atoms with E-state index in [0.717, 1.165) is 5.56 Å². The van der Waals surface area contributed by atoms with Crippen molar-refractivity contribution in [2.75, 3.05) is 5.01 Å². The Kier molecular flexibility index (Phi) is 5.01. The van der Waals surface area contributed by atoms with Gasteiger partial charge in [0.05, 0.1) is 22.5 Å². The molecule has 3 aromatic rings. The van der Waals surface area contributed by atoms with Gasteiger partial charge in [-0.25, -0.2) is 4.79 Å². The number of carboxylic acid groups (broad SMARTS) is 1. The van der Waals surface area contributed by atoms with Crippen LogP contribution in [0.5, 0.6) is 0 Å². The van der Waals surface area contributed by atoms with Gasteiger partial charge < -0.3 is 9.52 Å². The normalized spacial score (nSPS) is 15.0. The number of hydrazone groups is 1. The first-order chi connectivity index (χ1) is 14.3. The van der Waals surface area contributed by atoms with Gasteiger partial charge in [0.25, 0.3) is 5.91 Å². The number of benzene rings is 2. The summed E-state index contributed by atoms with van der Waals surface area (Å²) in [7, 11) is 0. The molecule has 1 aliphatic heterocycles. The van der Waals surface area contributed by atoms with Crippen molar-refractivity contribution in [3.63, 3.8) is 0 Å². The lowest BCUT2D eigenvalue weighted by Crippen LogP contribution is -2.21. The number of carboxylic acids is 1. The monoisotopic (exact) mass is 420 g/mol. The molecule has 30 heavy (non-hydrogen) atoms. The zero-order valence-corrected chi connectivity index (χ0v) is 17.0. The topological polar surface area (TPSA) is 83.1 Å². The Balaban J connectivity index is 1.62. The molecule has 0 spiro atoms. The molecule has 2 heterocycles. The van der Waals surface area contributed by atoms with Gasteiger partial charge in [-0.15, -0.1) is 0 Å². The predicted molar refractivity (Wildman–Crippen MR) is 116 cm³/mol. The van der Waals surface area contributed by atoms with E-state index in [9.17, 15) is 9.59 Å². The minimum Gasteiger partial charge on any atom is -0.478 e. The number of aromatic carboxylic acids is 1. The van der Waals surface area contributed by atoms with Crippen molar-refractivity contribution in [2.45, 2.75) is 13.8 Å². The van der Waals surface area contributed by atoms with Crippen LogP contribution in [0.25, 0.3) is 17.4 Å². The third-order valence-electron chi connectivity index (χ3n) is 4.77. The average Bonchev–Trinajstić information content (AvgIpc) is 3.30. The Morgan fingerprint density at radius 1 is 1.13 bits per heavy atom. The molecule has 6 nitrogen and oxygen atoms in total. The van der Waals surface area contributed by atoms with Crippen molar-refractivity contribution in [3.8, 4) is 11.3 Å². The van der Waals surface area contributed by atoms with Gasteiger partial charge in [-0.1, -0.05) is 29.8 Å². The average molecular weight is 421 g/mol. The molecule has 0 unspecified atom stereocenters. The molecule has 0 radical (unpaired) electrons. The Bertz CT molecular complexity index is 1240. The molecule has 1 amide bonds. The first-order valence-electron chi connectivity index (χ1n) is 9.15. The smallest absolute Gasteiger partial charge is 0.335 e. The first kappa shape index (κ1) is 19.7. The highest BCUT2D eigenvalue weighted by Gasteiger charge is 2.29. The number of rotatable bonds is 4. The number of nitrogens with zero attached hydrogens (tertiary/aromatic N) is 2. The quantitative estimate of drug-likeness (QED) is 0.572. The molecule has 0 fully saturated rings. The molecule has 7 heteroatoms. The van der Waals surface area contributed by atoms with Crippen LogP contribution in [0.4, 0.5) is 5.69 Å². The van der Waals surface area contributed by atoms with E-state index in [2.05, 4.69) is 5.10 Å². The summed E-state index contributed by atoms with van der Waals surface area (Å²) in [6.07, 6.45) is 1.63. The van der Waals surface area contributed by atoms with Crippen molar-refractivity contribution < 1.29 is 19.1 Å². The molecule has 0 saturated carbocycles. The van der Waals surface area contributed by atoms with Crippen LogP contribution < -0.4 is 5.01 Å². The van der Waals surface area contributed by atoms with E-state index in [4.69, 9.17) is 21.1 Å². The fourth-order valence-electron chi connectivity index (χ4n) is 3.11. The Hall–Kier alpha value is -3.64. The fourth-order valence-corrected chi connectivity index (χ4v) is 3.28. The highest BCUT2D eigenvalue weighted by atomic mass is 35.5. The van der Waals surface area contributed by atoms with Crippen LogP contribution in [0.3, 0.4) is 0 Å². The van der Waals surface area contributed by atoms with Gasteiger partial charge in [-0.05, 0) is 61.9 Å². The largest absolute Gasteiger partial charge is 0.478 e. The maximum Gasteiger partial charge on any atom is 0.335 e. The summed E-state index contributed by atoms with van der Waals surface area (Å²) in [6, 6.07) is 15.3. The summed E-state index contributed by atoms with van der Waals surface area (Å²) >= 11 is 6.18. The van der Waals surface area contributed by atoms with Crippen molar-refractivity contribution in [2.24, 2.45) is 5.10 Å². The second kappa shape index (κ2) is 7.65. The van der Waals surface area contributed by atoms with Gasteiger partial charge >= 0.3 is 5.97 Å². The van der Waals surface area contributed by atoms with E-state index >= 15 is 0 Å². The first-order valence-corrected chi connectivity index (χ1v) is 9.53. The van der Waals surface area contributed by atoms with Crippen LogP contribution in [0.1, 0.15) is 28.6 Å². The third kappa shape index (κ3) is 3.65. The number of carbonyl (C=O) groups excluding carboxylic acids is 1. The summed E-state index contributed by atoms with van der Waals surface area (Å²) < 4.78 is 5.82. The molecule has 1 aromatic heterocycles. The van der Waals surface area contributed by atoms with Crippen LogP contribution in [0, 0.1) is 6.92 Å². The molecular weight excluding hydrogens is 404 g/mol. The molecule has 1 N–H and O–H groups in total. The number of amides is 1. The summed E-state index contributed by atoms with van der Waals surface area (Å²) in [5.41, 5.74) is 3.28. The van der Waals surface area contributed by atoms with E-state index in [1.807, 2.05) is 13.0 Å². The van der Waals surface area contributed by atoms with Gasteiger partial charge in [-0.2, -0.15) is 10.1 Å². The molecule has 0 saturated heterocycles. The minimum atomic E-state index is -1.01. The van der Waals surface area contributed by atoms with E-state index in [-0.39, 0.29) is 11.5 Å². The second-order valence-corrected chi connectivity index (χ2v) is 7.29. The van der Waals surface area contributed by atoms with E-state index in [1.54, 1.807) is 49.4 Å². The van der Waals surface area contributed by atoms with Crippen molar-refractivity contribution >= 4 is 41.0 Å². The molecule has 0 aliphatic carbocycles. The van der Waals surface area contributed by atoms with Gasteiger partial charge in [0, 0.05) is 10.6 Å². The molecule has 4 rings (SSSR count). The Labute approximate surface area is 177 Å². The van der Waals surface area contributed by atoms with E-state index in [1.165, 1.54) is 17.1 Å². The molecule has 150 valence electrons. The highest BCUT2D eigenvalue weighted by molar-refractivity contribution is 6.33. The van der Waals surface area contributed by atoms with E-state index in [0.29, 0.717) is 39.1 Å². The number of carbonyl (C=O) groups is 2. The SMILES string of the molecule is CC1=NN(c2ccc(C)c(Cl)c2)C(=O)/C1=C/c1ccc(-c2cccc(C(=O)O)c2)o1. The van der Waals surface area contributed by atoms with Gasteiger partial charge in [0.15, 0.2) is 0 Å². The molecule has 1 aliphatic rings. The maximum atomic E-state index is 12.9. The van der Waals surface area contributed by atoms with Crippen molar-refractivity contribution in [1.29, 1.82) is 0 Å². The highest BCUT2D eigenvalue weighted by Crippen LogP contribution is 2.30. The lowest BCUT2D eigenvalue weighted by molar-refractivity contribution is -0.114. The Morgan fingerprint density at radius 2 is 1.93 bits per heavy atom. The van der Waals surface area contributed by atoms with Gasteiger partial charge in [0.2, 0.25) is 0 Å². The fraction of sp³-hybridized carbons (Fsp3) is 0.0870. The number of hydrogen-bond donors (Lipinski definition) is 1. The molecule has 2 aromatic carbocycles. The van der Waals surface area contributed by atoms with E-state index < -0.39 is 5.97 Å². The van der Waals surface area contributed by atoms with Crippen LogP contribution in [-0.4, -0.2) is 22.7 Å². The zero-order chi connectivity index (χ0) is 21.4. The number of furan rings is 1. The third-order valence-corrected chi connectivity index (χ3v) is 5.18. The summed E-state index contributed by atoms with van der Waals surface area (Å²) in [6.45, 7) is 3.64. The van der Waals surface area contributed by atoms with Gasteiger partial charge in [0.1, 0.15) is 11.5 Å². The van der Waals surface area contributed by atoms with Crippen molar-refractivity contribution in [1.82, 2.24) is 0 Å². The molecule has 0 bridgehead atoms. The Morgan fingerprint density at radius 3 is 2.67 bits per heavy atom. The van der Waals surface area contributed by atoms with Gasteiger partial charge in [-0.3, -0.25) is 4.79 Å². The molecular formula is C23H17ClN2O4. The lowest BCUT2D eigenvalue weighted by Gasteiger charge is -2.12. The summed E-state index contributed by atoms with van der Waals surface area (Å²) in [5.74, 6) is -0.316. The standard InChI is InChI=1S/C23H17ClN2O4/c1-13-6-7-17(11-20(13)24)26-22(27)19(14(2)25-26)12-18-8-9-21(30-18)15-4-3-5-16(10-15)23(28)29/h3-12H,1-2H3,(H,28,29)/b19-12+. The number of aryl methyl sites for hydroxylation is 1. The number of hydrogen-bond acceptors (Lipinski definition) is 4.